The van der Waals surface area contributed by atoms with E-state index in [0.29, 0.717) is 24.1 Å². The molecule has 0 radical (unpaired) electrons. The van der Waals surface area contributed by atoms with Gasteiger partial charge in [-0.05, 0) is 28.3 Å². The minimum absolute atomic E-state index is 0.483. The molecule has 0 aliphatic carbocycles. The van der Waals surface area contributed by atoms with Gasteiger partial charge in [0.05, 0.1) is 16.8 Å². The maximum atomic E-state index is 6.04. The molecule has 0 aromatic carbocycles. The normalized spacial score (nSPS) is 11.1. The van der Waals surface area contributed by atoms with Gasteiger partial charge in [0.15, 0.2) is 0 Å². The zero-order valence-corrected chi connectivity index (χ0v) is 12.1. The van der Waals surface area contributed by atoms with Crippen LogP contribution in [0.1, 0.15) is 25.4 Å². The second-order valence-electron chi connectivity index (χ2n) is 4.03. The summed E-state index contributed by atoms with van der Waals surface area (Å²) in [4.78, 5) is 8.69. The Bertz CT molecular complexity index is 358. The van der Waals surface area contributed by atoms with Gasteiger partial charge in [-0.1, -0.05) is 25.4 Å². The third-order valence-electron chi connectivity index (χ3n) is 2.06. The summed E-state index contributed by atoms with van der Waals surface area (Å²) in [6.45, 7) is 4.91. The number of ether oxygens (including phenoxy) is 1. The van der Waals surface area contributed by atoms with Crippen LogP contribution in [0.4, 0.5) is 0 Å². The maximum absolute atomic E-state index is 6.04. The van der Waals surface area contributed by atoms with E-state index in [2.05, 4.69) is 39.7 Å². The molecule has 0 aliphatic heterocycles. The third-order valence-corrected chi connectivity index (χ3v) is 3.39. The molecular formula is C11H16BrClN2O. The zero-order valence-electron chi connectivity index (χ0n) is 9.76. The fraction of sp³-hybridized carbons (Fsp3) is 0.636. The van der Waals surface area contributed by atoms with Crippen LogP contribution in [0.25, 0.3) is 0 Å². The topological polar surface area (TPSA) is 35.0 Å². The zero-order chi connectivity index (χ0) is 12.1. The molecule has 1 rings (SSSR count). The van der Waals surface area contributed by atoms with Crippen molar-refractivity contribution in [2.75, 3.05) is 13.7 Å². The highest BCUT2D eigenvalue weighted by Gasteiger charge is 2.11. The first-order valence-corrected chi connectivity index (χ1v) is 6.41. The van der Waals surface area contributed by atoms with E-state index in [9.17, 15) is 0 Å². The monoisotopic (exact) mass is 306 g/mol. The standard InChI is InChI=1S/C11H16BrClN2O/c1-7(2)6-8-10(12)11(13)15-9(14-8)4-5-16-3/h7H,4-6H2,1-3H3. The van der Waals surface area contributed by atoms with Gasteiger partial charge >= 0.3 is 0 Å². The van der Waals surface area contributed by atoms with Gasteiger partial charge < -0.3 is 4.74 Å². The molecule has 0 unspecified atom stereocenters. The molecule has 0 amide bonds. The van der Waals surface area contributed by atoms with Crippen molar-refractivity contribution in [3.63, 3.8) is 0 Å². The molecule has 1 heterocycles. The van der Waals surface area contributed by atoms with Gasteiger partial charge in [-0.3, -0.25) is 0 Å². The summed E-state index contributed by atoms with van der Waals surface area (Å²) in [6, 6.07) is 0. The lowest BCUT2D eigenvalue weighted by Gasteiger charge is -2.09. The van der Waals surface area contributed by atoms with E-state index in [1.807, 2.05) is 0 Å². The molecule has 1 aromatic rings. The average molecular weight is 308 g/mol. The molecular weight excluding hydrogens is 291 g/mol. The first-order valence-electron chi connectivity index (χ1n) is 5.24. The molecule has 0 saturated heterocycles. The molecule has 0 spiro atoms. The molecule has 0 fully saturated rings. The third kappa shape index (κ3) is 4.00. The van der Waals surface area contributed by atoms with Crippen LogP contribution in [-0.4, -0.2) is 23.7 Å². The number of methoxy groups -OCH3 is 1. The van der Waals surface area contributed by atoms with Crippen LogP contribution in [0.5, 0.6) is 0 Å². The van der Waals surface area contributed by atoms with E-state index >= 15 is 0 Å². The molecule has 0 aliphatic rings. The van der Waals surface area contributed by atoms with E-state index < -0.39 is 0 Å². The quantitative estimate of drug-likeness (QED) is 0.783. The van der Waals surface area contributed by atoms with E-state index in [0.717, 1.165) is 22.4 Å². The Balaban J connectivity index is 2.92. The average Bonchev–Trinajstić information content (AvgIpc) is 2.21. The van der Waals surface area contributed by atoms with Crippen molar-refractivity contribution in [2.24, 2.45) is 5.92 Å². The van der Waals surface area contributed by atoms with Crippen LogP contribution in [-0.2, 0) is 17.6 Å². The van der Waals surface area contributed by atoms with Crippen molar-refractivity contribution < 1.29 is 4.74 Å². The molecule has 3 nitrogen and oxygen atoms in total. The molecule has 1 aromatic heterocycles. The largest absolute Gasteiger partial charge is 0.384 e. The highest BCUT2D eigenvalue weighted by Crippen LogP contribution is 2.25. The number of hydrogen-bond acceptors (Lipinski definition) is 3. The van der Waals surface area contributed by atoms with Gasteiger partial charge in [0.1, 0.15) is 11.0 Å². The van der Waals surface area contributed by atoms with Crippen LogP contribution in [0.2, 0.25) is 5.15 Å². The predicted octanol–water partition coefficient (Wildman–Crippen LogP) is 3.28. The molecule has 5 heteroatoms. The first kappa shape index (κ1) is 13.9. The summed E-state index contributed by atoms with van der Waals surface area (Å²) in [7, 11) is 1.66. The molecule has 0 bridgehead atoms. The van der Waals surface area contributed by atoms with Gasteiger partial charge in [0, 0.05) is 13.5 Å². The highest BCUT2D eigenvalue weighted by atomic mass is 79.9. The summed E-state index contributed by atoms with van der Waals surface area (Å²) in [6.07, 6.45) is 1.58. The van der Waals surface area contributed by atoms with Crippen molar-refractivity contribution in [3.8, 4) is 0 Å². The van der Waals surface area contributed by atoms with Gasteiger partial charge in [0.2, 0.25) is 0 Å². The van der Waals surface area contributed by atoms with Crippen LogP contribution < -0.4 is 0 Å². The molecule has 0 N–H and O–H groups in total. The van der Waals surface area contributed by atoms with Crippen LogP contribution in [0.3, 0.4) is 0 Å². The van der Waals surface area contributed by atoms with Crippen molar-refractivity contribution in [1.82, 2.24) is 9.97 Å². The number of nitrogens with zero attached hydrogens (tertiary/aromatic N) is 2. The maximum Gasteiger partial charge on any atom is 0.147 e. The number of aromatic nitrogens is 2. The lowest BCUT2D eigenvalue weighted by atomic mass is 10.1. The Morgan fingerprint density at radius 1 is 1.38 bits per heavy atom. The summed E-state index contributed by atoms with van der Waals surface area (Å²) < 4.78 is 5.81. The fourth-order valence-electron chi connectivity index (χ4n) is 1.34. The van der Waals surface area contributed by atoms with E-state index in [1.54, 1.807) is 7.11 Å². The summed E-state index contributed by atoms with van der Waals surface area (Å²) in [5.41, 5.74) is 0.973. The second kappa shape index (κ2) is 6.52. The minimum atomic E-state index is 0.483. The summed E-state index contributed by atoms with van der Waals surface area (Å²) >= 11 is 9.47. The van der Waals surface area contributed by atoms with Gasteiger partial charge in [0.25, 0.3) is 0 Å². The second-order valence-corrected chi connectivity index (χ2v) is 5.18. The van der Waals surface area contributed by atoms with Gasteiger partial charge in [-0.25, -0.2) is 9.97 Å². The Hall–Kier alpha value is -0.190. The highest BCUT2D eigenvalue weighted by molar-refractivity contribution is 9.10. The molecule has 0 saturated carbocycles. The lowest BCUT2D eigenvalue weighted by Crippen LogP contribution is -2.07. The van der Waals surface area contributed by atoms with Gasteiger partial charge in [-0.2, -0.15) is 0 Å². The summed E-state index contributed by atoms with van der Waals surface area (Å²) in [5.74, 6) is 1.28. The Labute approximate surface area is 110 Å². The van der Waals surface area contributed by atoms with E-state index in [-0.39, 0.29) is 0 Å². The lowest BCUT2D eigenvalue weighted by molar-refractivity contribution is 0.200. The molecule has 16 heavy (non-hydrogen) atoms. The van der Waals surface area contributed by atoms with Crippen LogP contribution in [0.15, 0.2) is 4.47 Å². The Morgan fingerprint density at radius 3 is 2.62 bits per heavy atom. The Kier molecular flexibility index (Phi) is 5.66. The predicted molar refractivity (Wildman–Crippen MR) is 68.9 cm³/mol. The van der Waals surface area contributed by atoms with E-state index in [1.165, 1.54) is 0 Å². The smallest absolute Gasteiger partial charge is 0.147 e. The number of rotatable bonds is 5. The van der Waals surface area contributed by atoms with Crippen molar-refractivity contribution in [3.05, 3.63) is 21.1 Å². The number of hydrogen-bond donors (Lipinski definition) is 0. The van der Waals surface area contributed by atoms with Crippen molar-refractivity contribution in [1.29, 1.82) is 0 Å². The van der Waals surface area contributed by atoms with E-state index in [4.69, 9.17) is 16.3 Å². The number of halogens is 2. The van der Waals surface area contributed by atoms with Crippen molar-refractivity contribution >= 4 is 27.5 Å². The Morgan fingerprint density at radius 2 is 2.06 bits per heavy atom. The summed E-state index contributed by atoms with van der Waals surface area (Å²) in [5, 5.41) is 0.483. The van der Waals surface area contributed by atoms with Crippen molar-refractivity contribution in [2.45, 2.75) is 26.7 Å². The fourth-order valence-corrected chi connectivity index (χ4v) is 1.88. The van der Waals surface area contributed by atoms with Gasteiger partial charge in [-0.15, -0.1) is 0 Å². The SMILES string of the molecule is COCCc1nc(Cl)c(Br)c(CC(C)C)n1. The van der Waals surface area contributed by atoms with Crippen LogP contribution >= 0.6 is 27.5 Å². The minimum Gasteiger partial charge on any atom is -0.384 e. The van der Waals surface area contributed by atoms with Crippen LogP contribution in [0, 0.1) is 5.92 Å². The molecule has 0 atom stereocenters. The molecule has 90 valence electrons. The first-order chi connectivity index (χ1) is 7.54.